The first-order chi connectivity index (χ1) is 9.83. The van der Waals surface area contributed by atoms with Crippen molar-refractivity contribution in [1.29, 1.82) is 0 Å². The molecule has 2 rings (SSSR count). The number of carbonyl (C=O) groups excluding carboxylic acids is 1. The average molecular weight is 274 g/mol. The number of Topliss-reactive ketones (excluding diaryl/α,β-unsaturated/α-hetero) is 1. The second-order valence-electron chi connectivity index (χ2n) is 5.00. The van der Waals surface area contributed by atoms with E-state index in [1.54, 1.807) is 7.11 Å². The fourth-order valence-electron chi connectivity index (χ4n) is 2.41. The molecule has 20 heavy (non-hydrogen) atoms. The Balaban J connectivity index is 2.14. The van der Waals surface area contributed by atoms with Crippen molar-refractivity contribution in [2.75, 3.05) is 20.3 Å². The highest BCUT2D eigenvalue weighted by molar-refractivity contribution is 6.10. The molecule has 0 aliphatic heterocycles. The summed E-state index contributed by atoms with van der Waals surface area (Å²) in [5.41, 5.74) is 1.60. The van der Waals surface area contributed by atoms with Crippen LogP contribution in [-0.4, -0.2) is 26.1 Å². The van der Waals surface area contributed by atoms with Crippen LogP contribution in [0.4, 0.5) is 0 Å². The van der Waals surface area contributed by atoms with Gasteiger partial charge in [-0.15, -0.1) is 0 Å². The van der Waals surface area contributed by atoms with Gasteiger partial charge in [-0.25, -0.2) is 0 Å². The lowest BCUT2D eigenvalue weighted by atomic mass is 9.99. The fourth-order valence-corrected chi connectivity index (χ4v) is 2.41. The van der Waals surface area contributed by atoms with Gasteiger partial charge >= 0.3 is 0 Å². The predicted molar refractivity (Wildman–Crippen MR) is 79.3 cm³/mol. The van der Waals surface area contributed by atoms with Crippen molar-refractivity contribution in [3.8, 4) is 5.75 Å². The third-order valence-electron chi connectivity index (χ3n) is 3.51. The van der Waals surface area contributed by atoms with Gasteiger partial charge in [0.25, 0.3) is 0 Å². The molecule has 3 nitrogen and oxygen atoms in total. The Morgan fingerprint density at radius 3 is 2.85 bits per heavy atom. The van der Waals surface area contributed by atoms with E-state index in [-0.39, 0.29) is 5.78 Å². The fraction of sp³-hybridized carbons (Fsp3) is 0.471. The van der Waals surface area contributed by atoms with Crippen molar-refractivity contribution in [3.63, 3.8) is 0 Å². The molecule has 0 saturated carbocycles. The van der Waals surface area contributed by atoms with Crippen LogP contribution < -0.4 is 4.74 Å². The van der Waals surface area contributed by atoms with Crippen molar-refractivity contribution in [2.45, 2.75) is 32.1 Å². The summed E-state index contributed by atoms with van der Waals surface area (Å²) in [4.78, 5) is 12.6. The zero-order chi connectivity index (χ0) is 14.2. The number of ether oxygens (including phenoxy) is 2. The van der Waals surface area contributed by atoms with Crippen LogP contribution in [0.2, 0.25) is 0 Å². The predicted octanol–water partition coefficient (Wildman–Crippen LogP) is 3.79. The summed E-state index contributed by atoms with van der Waals surface area (Å²) in [6, 6.07) is 7.46. The summed E-state index contributed by atoms with van der Waals surface area (Å²) in [7, 11) is 1.64. The molecule has 0 amide bonds. The molecule has 0 heterocycles. The van der Waals surface area contributed by atoms with E-state index in [2.05, 4.69) is 6.08 Å². The number of carbonyl (C=O) groups is 1. The molecule has 0 fully saturated rings. The first-order valence-corrected chi connectivity index (χ1v) is 7.27. The van der Waals surface area contributed by atoms with Crippen molar-refractivity contribution in [3.05, 3.63) is 41.5 Å². The van der Waals surface area contributed by atoms with Crippen LogP contribution in [0.15, 0.2) is 35.9 Å². The minimum absolute atomic E-state index is 0.111. The summed E-state index contributed by atoms with van der Waals surface area (Å²) in [5.74, 6) is 0.764. The van der Waals surface area contributed by atoms with Gasteiger partial charge in [-0.05, 0) is 43.4 Å². The Kier molecular flexibility index (Phi) is 5.81. The lowest BCUT2D eigenvalue weighted by molar-refractivity contribution is 0.102. The molecule has 3 heteroatoms. The molecule has 0 bridgehead atoms. The van der Waals surface area contributed by atoms with E-state index in [4.69, 9.17) is 9.47 Å². The molecule has 0 N–H and O–H groups in total. The average Bonchev–Trinajstić information content (AvgIpc) is 2.76. The number of hydrogen-bond acceptors (Lipinski definition) is 3. The van der Waals surface area contributed by atoms with Crippen molar-refractivity contribution in [2.24, 2.45) is 0 Å². The molecular weight excluding hydrogens is 252 g/mol. The number of allylic oxidation sites excluding steroid dienone is 2. The first kappa shape index (κ1) is 14.8. The number of rotatable bonds is 6. The van der Waals surface area contributed by atoms with Crippen molar-refractivity contribution < 1.29 is 14.3 Å². The monoisotopic (exact) mass is 274 g/mol. The van der Waals surface area contributed by atoms with Crippen LogP contribution in [0.1, 0.15) is 42.5 Å². The van der Waals surface area contributed by atoms with Crippen LogP contribution >= 0.6 is 0 Å². The zero-order valence-electron chi connectivity index (χ0n) is 12.1. The maximum absolute atomic E-state index is 12.6. The van der Waals surface area contributed by atoms with E-state index in [1.165, 1.54) is 12.8 Å². The van der Waals surface area contributed by atoms with E-state index in [1.807, 2.05) is 24.3 Å². The van der Waals surface area contributed by atoms with Gasteiger partial charge < -0.3 is 9.47 Å². The molecule has 1 aliphatic rings. The highest BCUT2D eigenvalue weighted by Crippen LogP contribution is 2.26. The summed E-state index contributed by atoms with van der Waals surface area (Å²) >= 11 is 0. The van der Waals surface area contributed by atoms with E-state index in [9.17, 15) is 4.79 Å². The second kappa shape index (κ2) is 7.85. The molecule has 0 spiro atoms. The number of ketones is 1. The van der Waals surface area contributed by atoms with Gasteiger partial charge in [-0.1, -0.05) is 24.6 Å². The Morgan fingerprint density at radius 1 is 1.15 bits per heavy atom. The highest BCUT2D eigenvalue weighted by Gasteiger charge is 2.17. The zero-order valence-corrected chi connectivity index (χ0v) is 12.1. The SMILES string of the molecule is COCCOc1ccccc1C(=O)C1=CCCCCC1. The van der Waals surface area contributed by atoms with Gasteiger partial charge in [-0.2, -0.15) is 0 Å². The minimum atomic E-state index is 0.111. The van der Waals surface area contributed by atoms with Gasteiger partial charge in [0.2, 0.25) is 0 Å². The Hall–Kier alpha value is -1.61. The second-order valence-corrected chi connectivity index (χ2v) is 5.00. The number of methoxy groups -OCH3 is 1. The lowest BCUT2D eigenvalue weighted by Gasteiger charge is -2.11. The first-order valence-electron chi connectivity index (χ1n) is 7.27. The molecule has 0 atom stereocenters. The molecule has 108 valence electrons. The third kappa shape index (κ3) is 3.94. The topological polar surface area (TPSA) is 35.5 Å². The Morgan fingerprint density at radius 2 is 2.00 bits per heavy atom. The number of benzene rings is 1. The van der Waals surface area contributed by atoms with Gasteiger partial charge in [0.05, 0.1) is 12.2 Å². The summed E-state index contributed by atoms with van der Waals surface area (Å²) < 4.78 is 10.6. The summed E-state index contributed by atoms with van der Waals surface area (Å²) in [6.45, 7) is 0.977. The quantitative estimate of drug-likeness (QED) is 0.585. The van der Waals surface area contributed by atoms with Gasteiger partial charge in [0.1, 0.15) is 12.4 Å². The van der Waals surface area contributed by atoms with Crippen LogP contribution in [0.3, 0.4) is 0 Å². The molecule has 0 saturated heterocycles. The summed E-state index contributed by atoms with van der Waals surface area (Å²) in [5, 5.41) is 0. The molecule has 1 aliphatic carbocycles. The molecule has 1 aromatic carbocycles. The van der Waals surface area contributed by atoms with Crippen LogP contribution in [0.5, 0.6) is 5.75 Å². The van der Waals surface area contributed by atoms with E-state index in [0.717, 1.165) is 24.8 Å². The van der Waals surface area contributed by atoms with Crippen LogP contribution in [0, 0.1) is 0 Å². The normalized spacial score (nSPS) is 15.3. The van der Waals surface area contributed by atoms with E-state index in [0.29, 0.717) is 24.5 Å². The van der Waals surface area contributed by atoms with Crippen LogP contribution in [-0.2, 0) is 4.74 Å². The Labute approximate surface area is 120 Å². The summed E-state index contributed by atoms with van der Waals surface area (Å²) in [6.07, 6.45) is 7.48. The smallest absolute Gasteiger partial charge is 0.192 e. The van der Waals surface area contributed by atoms with Crippen molar-refractivity contribution >= 4 is 5.78 Å². The molecular formula is C17H22O3. The maximum Gasteiger partial charge on any atom is 0.192 e. The van der Waals surface area contributed by atoms with Gasteiger partial charge in [0.15, 0.2) is 5.78 Å². The molecule has 0 unspecified atom stereocenters. The van der Waals surface area contributed by atoms with Crippen molar-refractivity contribution in [1.82, 2.24) is 0 Å². The maximum atomic E-state index is 12.6. The minimum Gasteiger partial charge on any atom is -0.490 e. The highest BCUT2D eigenvalue weighted by atomic mass is 16.5. The number of hydrogen-bond donors (Lipinski definition) is 0. The third-order valence-corrected chi connectivity index (χ3v) is 3.51. The molecule has 0 aromatic heterocycles. The largest absolute Gasteiger partial charge is 0.490 e. The lowest BCUT2D eigenvalue weighted by Crippen LogP contribution is -2.10. The molecule has 0 radical (unpaired) electrons. The standard InChI is InChI=1S/C17H22O3/c1-19-12-13-20-16-11-7-6-10-15(16)17(18)14-8-4-2-3-5-9-14/h6-8,10-11H,2-5,9,12-13H2,1H3. The van der Waals surface area contributed by atoms with Gasteiger partial charge in [0, 0.05) is 7.11 Å². The Bertz CT molecular complexity index is 477. The van der Waals surface area contributed by atoms with Gasteiger partial charge in [-0.3, -0.25) is 4.79 Å². The van der Waals surface area contributed by atoms with Crippen LogP contribution in [0.25, 0.3) is 0 Å². The number of para-hydroxylation sites is 1. The van der Waals surface area contributed by atoms with E-state index < -0.39 is 0 Å². The van der Waals surface area contributed by atoms with E-state index >= 15 is 0 Å². The molecule has 1 aromatic rings.